The molecule has 8 heteroatoms. The minimum absolute atomic E-state index is 0.0459. The second kappa shape index (κ2) is 19.9. The summed E-state index contributed by atoms with van der Waals surface area (Å²) in [4.78, 5) is 11.7. The molecule has 7 nitrogen and oxygen atoms in total. The van der Waals surface area contributed by atoms with Crippen molar-refractivity contribution in [2.45, 2.75) is 77.2 Å². The summed E-state index contributed by atoms with van der Waals surface area (Å²) in [5.41, 5.74) is 0. The molecule has 2 unspecified atom stereocenters. The van der Waals surface area contributed by atoms with Crippen LogP contribution in [0.1, 0.15) is 71.1 Å². The minimum Gasteiger partial charge on any atom is -0.756 e. The molecular weight excluding hydrogens is 429 g/mol. The highest BCUT2D eigenvalue weighted by Crippen LogP contribution is 2.38. The van der Waals surface area contributed by atoms with E-state index in [-0.39, 0.29) is 19.8 Å². The lowest BCUT2D eigenvalue weighted by molar-refractivity contribution is -0.870. The van der Waals surface area contributed by atoms with Gasteiger partial charge in [0.2, 0.25) is 0 Å². The van der Waals surface area contributed by atoms with Crippen molar-refractivity contribution in [3.63, 3.8) is 0 Å². The van der Waals surface area contributed by atoms with E-state index in [1.165, 1.54) is 38.5 Å². The Morgan fingerprint density at radius 2 is 1.50 bits per heavy atom. The van der Waals surface area contributed by atoms with E-state index in [4.69, 9.17) is 13.8 Å². The van der Waals surface area contributed by atoms with Crippen LogP contribution in [0.15, 0.2) is 24.3 Å². The summed E-state index contributed by atoms with van der Waals surface area (Å²) >= 11 is 0. The second-order valence-corrected chi connectivity index (χ2v) is 10.6. The zero-order chi connectivity index (χ0) is 24.1. The van der Waals surface area contributed by atoms with Gasteiger partial charge in [-0.25, -0.2) is 0 Å². The predicted molar refractivity (Wildman–Crippen MR) is 129 cm³/mol. The first kappa shape index (κ1) is 31.5. The highest BCUT2D eigenvalue weighted by Gasteiger charge is 2.15. The van der Waals surface area contributed by atoms with Crippen LogP contribution in [-0.4, -0.2) is 69.8 Å². The van der Waals surface area contributed by atoms with Crippen molar-refractivity contribution in [2.24, 2.45) is 0 Å². The summed E-state index contributed by atoms with van der Waals surface area (Å²) < 4.78 is 27.2. The molecule has 32 heavy (non-hydrogen) atoms. The van der Waals surface area contributed by atoms with Gasteiger partial charge in [0, 0.05) is 6.61 Å². The summed E-state index contributed by atoms with van der Waals surface area (Å²) in [6.07, 6.45) is 19.5. The summed E-state index contributed by atoms with van der Waals surface area (Å²) in [7, 11) is 1.43. The largest absolute Gasteiger partial charge is 0.756 e. The van der Waals surface area contributed by atoms with Gasteiger partial charge in [0.1, 0.15) is 19.3 Å². The normalized spacial score (nSPS) is 15.6. The first-order chi connectivity index (χ1) is 15.2. The smallest absolute Gasteiger partial charge is 0.268 e. The van der Waals surface area contributed by atoms with Crippen LogP contribution < -0.4 is 4.89 Å². The number of ether oxygens (including phenoxy) is 1. The molecule has 0 spiro atoms. The standard InChI is InChI=1S/C24H48NO6P/c1-5-6-7-8-9-10-11-12-13-14-15-16-17-18-20-29-22-24(26)23-31-32(27,28)30-21-19-25(2,3)4/h7-8,10-11,24,26H,5-6,9,12-23H2,1-4H3/b8-7-,11-10-. The number of quaternary nitrogens is 1. The molecule has 0 aliphatic carbocycles. The van der Waals surface area contributed by atoms with Gasteiger partial charge in [-0.15, -0.1) is 0 Å². The zero-order valence-electron chi connectivity index (χ0n) is 20.9. The SMILES string of the molecule is CCC/C=C\C/C=C\CCCCCCCCOCC(O)COP(=O)([O-])OCC[N+](C)(C)C. The van der Waals surface area contributed by atoms with Crippen LogP contribution in [0.3, 0.4) is 0 Å². The number of likely N-dealkylation sites (N-methyl/N-ethyl adjacent to an activating group) is 1. The van der Waals surface area contributed by atoms with E-state index in [1.807, 2.05) is 21.1 Å². The maximum Gasteiger partial charge on any atom is 0.268 e. The Bertz CT molecular complexity index is 533. The summed E-state index contributed by atoms with van der Waals surface area (Å²) in [6.45, 7) is 3.03. The molecule has 0 heterocycles. The van der Waals surface area contributed by atoms with Crippen LogP contribution in [0, 0.1) is 0 Å². The Labute approximate surface area is 196 Å². The molecule has 0 rings (SSSR count). The molecule has 0 saturated heterocycles. The number of phosphoric ester groups is 1. The van der Waals surface area contributed by atoms with Gasteiger partial charge in [-0.3, -0.25) is 4.57 Å². The molecule has 0 aliphatic rings. The topological polar surface area (TPSA) is 88.0 Å². The third-order valence-corrected chi connectivity index (χ3v) is 5.68. The molecule has 2 atom stereocenters. The quantitative estimate of drug-likeness (QED) is 0.106. The van der Waals surface area contributed by atoms with E-state index in [2.05, 4.69) is 31.2 Å². The summed E-state index contributed by atoms with van der Waals surface area (Å²) in [6, 6.07) is 0. The molecule has 0 fully saturated rings. The maximum atomic E-state index is 11.7. The number of aliphatic hydroxyl groups excluding tert-OH is 1. The van der Waals surface area contributed by atoms with Crippen LogP contribution >= 0.6 is 7.82 Å². The van der Waals surface area contributed by atoms with Gasteiger partial charge >= 0.3 is 0 Å². The third kappa shape index (κ3) is 24.1. The van der Waals surface area contributed by atoms with Crippen LogP contribution in [0.4, 0.5) is 0 Å². The van der Waals surface area contributed by atoms with Crippen LogP contribution in [0.5, 0.6) is 0 Å². The fourth-order valence-electron chi connectivity index (χ4n) is 2.76. The average Bonchev–Trinajstić information content (AvgIpc) is 2.71. The molecule has 0 amide bonds. The van der Waals surface area contributed by atoms with E-state index in [0.717, 1.165) is 25.7 Å². The number of unbranched alkanes of at least 4 members (excludes halogenated alkanes) is 7. The van der Waals surface area contributed by atoms with Crippen molar-refractivity contribution in [1.29, 1.82) is 0 Å². The average molecular weight is 478 g/mol. The lowest BCUT2D eigenvalue weighted by atomic mass is 10.1. The fraction of sp³-hybridized carbons (Fsp3) is 0.833. The van der Waals surface area contributed by atoms with Crippen molar-refractivity contribution in [3.05, 3.63) is 24.3 Å². The molecule has 0 aliphatic heterocycles. The van der Waals surface area contributed by atoms with Gasteiger partial charge in [-0.1, -0.05) is 63.3 Å². The van der Waals surface area contributed by atoms with Crippen LogP contribution in [0.2, 0.25) is 0 Å². The van der Waals surface area contributed by atoms with Crippen LogP contribution in [-0.2, 0) is 18.3 Å². The molecule has 0 aromatic heterocycles. The third-order valence-electron chi connectivity index (χ3n) is 4.72. The summed E-state index contributed by atoms with van der Waals surface area (Å²) in [5.74, 6) is 0. The van der Waals surface area contributed by atoms with Gasteiger partial charge in [0.25, 0.3) is 7.82 Å². The number of allylic oxidation sites excluding steroid dienone is 4. The van der Waals surface area contributed by atoms with Gasteiger partial charge in [-0.05, 0) is 32.1 Å². The van der Waals surface area contributed by atoms with E-state index < -0.39 is 13.9 Å². The molecule has 0 aromatic rings. The molecular formula is C24H48NO6P. The van der Waals surface area contributed by atoms with Gasteiger partial charge in [0.05, 0.1) is 34.4 Å². The number of rotatable bonds is 22. The van der Waals surface area contributed by atoms with Crippen molar-refractivity contribution < 1.29 is 32.8 Å². The molecule has 190 valence electrons. The molecule has 0 aromatic carbocycles. The Morgan fingerprint density at radius 3 is 2.16 bits per heavy atom. The van der Waals surface area contributed by atoms with Gasteiger partial charge < -0.3 is 28.3 Å². The van der Waals surface area contributed by atoms with E-state index in [1.54, 1.807) is 0 Å². The van der Waals surface area contributed by atoms with E-state index in [9.17, 15) is 14.6 Å². The highest BCUT2D eigenvalue weighted by molar-refractivity contribution is 7.45. The number of nitrogens with zero attached hydrogens (tertiary/aromatic N) is 1. The Kier molecular flexibility index (Phi) is 19.6. The van der Waals surface area contributed by atoms with Gasteiger partial charge in [-0.2, -0.15) is 0 Å². The van der Waals surface area contributed by atoms with Crippen molar-refractivity contribution in [2.75, 3.05) is 54.1 Å². The molecule has 1 N–H and O–H groups in total. The molecule has 0 saturated carbocycles. The predicted octanol–water partition coefficient (Wildman–Crippen LogP) is 4.61. The fourth-order valence-corrected chi connectivity index (χ4v) is 3.49. The lowest BCUT2D eigenvalue weighted by Gasteiger charge is -2.27. The maximum absolute atomic E-state index is 11.7. The highest BCUT2D eigenvalue weighted by atomic mass is 31.2. The van der Waals surface area contributed by atoms with Crippen molar-refractivity contribution in [1.82, 2.24) is 0 Å². The first-order valence-electron chi connectivity index (χ1n) is 12.1. The number of hydrogen-bond acceptors (Lipinski definition) is 6. The number of aliphatic hydroxyl groups is 1. The second-order valence-electron chi connectivity index (χ2n) is 9.20. The Morgan fingerprint density at radius 1 is 0.875 bits per heavy atom. The van der Waals surface area contributed by atoms with Crippen LogP contribution in [0.25, 0.3) is 0 Å². The number of phosphoric acid groups is 1. The Balaban J connectivity index is 3.49. The van der Waals surface area contributed by atoms with Crippen molar-refractivity contribution in [3.8, 4) is 0 Å². The lowest BCUT2D eigenvalue weighted by Crippen LogP contribution is -2.37. The molecule has 0 bridgehead atoms. The van der Waals surface area contributed by atoms with E-state index >= 15 is 0 Å². The first-order valence-corrected chi connectivity index (χ1v) is 13.6. The molecule has 0 radical (unpaired) electrons. The Hall–Kier alpha value is -0.530. The van der Waals surface area contributed by atoms with E-state index in [0.29, 0.717) is 17.6 Å². The zero-order valence-corrected chi connectivity index (χ0v) is 21.8. The minimum atomic E-state index is -4.39. The number of hydrogen-bond donors (Lipinski definition) is 1. The van der Waals surface area contributed by atoms with Crippen molar-refractivity contribution >= 4 is 7.82 Å². The van der Waals surface area contributed by atoms with Gasteiger partial charge in [0.15, 0.2) is 0 Å². The summed E-state index contributed by atoms with van der Waals surface area (Å²) in [5, 5.41) is 9.80. The monoisotopic (exact) mass is 477 g/mol.